The fourth-order valence-corrected chi connectivity index (χ4v) is 4.04. The highest BCUT2D eigenvalue weighted by atomic mass is 127. The number of nitro benzene ring substituents is 1. The number of nitro groups is 1. The lowest BCUT2D eigenvalue weighted by Crippen LogP contribution is -2.25. The van der Waals surface area contributed by atoms with Crippen LogP contribution in [0.1, 0.15) is 18.4 Å². The molecule has 0 saturated heterocycles. The Bertz CT molecular complexity index is 977. The summed E-state index contributed by atoms with van der Waals surface area (Å²) in [6, 6.07) is 9.13. The summed E-state index contributed by atoms with van der Waals surface area (Å²) >= 11 is 2.17. The van der Waals surface area contributed by atoms with Crippen LogP contribution in [0.5, 0.6) is 0 Å². The molecule has 0 spiro atoms. The van der Waals surface area contributed by atoms with Crippen LogP contribution < -0.4 is 10.2 Å². The molecule has 0 heterocycles. The Kier molecular flexibility index (Phi) is 5.99. The molecule has 10 heteroatoms. The molecule has 1 aliphatic carbocycles. The van der Waals surface area contributed by atoms with Crippen LogP contribution in [-0.2, 0) is 14.9 Å². The molecule has 144 valence electrons. The van der Waals surface area contributed by atoms with Gasteiger partial charge in [0.15, 0.2) is 0 Å². The molecular formula is C17H18IN3O5S. The maximum absolute atomic E-state index is 12.6. The Labute approximate surface area is 170 Å². The van der Waals surface area contributed by atoms with Crippen LogP contribution in [0.3, 0.4) is 0 Å². The Morgan fingerprint density at radius 2 is 1.96 bits per heavy atom. The SMILES string of the molecule is Cc1cc(I)ccc1Nc1cc([N+](=O)[O-])ccc1S(=O)(=O)NOCC1CC1. The van der Waals surface area contributed by atoms with Crippen molar-refractivity contribution in [2.24, 2.45) is 5.92 Å². The van der Waals surface area contributed by atoms with Crippen molar-refractivity contribution in [3.05, 3.63) is 55.6 Å². The fraction of sp³-hybridized carbons (Fsp3) is 0.294. The van der Waals surface area contributed by atoms with Crippen LogP contribution in [0, 0.1) is 26.5 Å². The first-order chi connectivity index (χ1) is 12.8. The van der Waals surface area contributed by atoms with Crippen molar-refractivity contribution in [3.63, 3.8) is 0 Å². The van der Waals surface area contributed by atoms with Gasteiger partial charge in [-0.1, -0.05) is 4.89 Å². The molecule has 2 N–H and O–H groups in total. The normalized spacial score (nSPS) is 14.1. The van der Waals surface area contributed by atoms with Crippen molar-refractivity contribution in [1.82, 2.24) is 4.89 Å². The van der Waals surface area contributed by atoms with Crippen LogP contribution >= 0.6 is 22.6 Å². The first-order valence-electron chi connectivity index (χ1n) is 8.21. The Morgan fingerprint density at radius 3 is 2.59 bits per heavy atom. The highest BCUT2D eigenvalue weighted by molar-refractivity contribution is 14.1. The smallest absolute Gasteiger partial charge is 0.271 e. The largest absolute Gasteiger partial charge is 0.354 e. The van der Waals surface area contributed by atoms with Gasteiger partial charge in [0.25, 0.3) is 15.7 Å². The minimum Gasteiger partial charge on any atom is -0.354 e. The number of halogens is 1. The Balaban J connectivity index is 1.93. The Morgan fingerprint density at radius 1 is 1.22 bits per heavy atom. The quantitative estimate of drug-likeness (QED) is 0.322. The van der Waals surface area contributed by atoms with E-state index in [9.17, 15) is 18.5 Å². The van der Waals surface area contributed by atoms with Gasteiger partial charge in [-0.05, 0) is 78.1 Å². The van der Waals surface area contributed by atoms with Crippen molar-refractivity contribution >= 4 is 49.7 Å². The predicted molar refractivity (Wildman–Crippen MR) is 109 cm³/mol. The molecule has 0 radical (unpaired) electrons. The zero-order valence-electron chi connectivity index (χ0n) is 14.4. The van der Waals surface area contributed by atoms with Crippen LogP contribution in [0.4, 0.5) is 17.1 Å². The van der Waals surface area contributed by atoms with E-state index in [4.69, 9.17) is 4.84 Å². The molecule has 2 aromatic carbocycles. The number of nitrogens with zero attached hydrogens (tertiary/aromatic N) is 1. The van der Waals surface area contributed by atoms with Crippen molar-refractivity contribution < 1.29 is 18.2 Å². The van der Waals surface area contributed by atoms with Crippen molar-refractivity contribution in [2.75, 3.05) is 11.9 Å². The second-order valence-corrected chi connectivity index (χ2v) is 9.22. The summed E-state index contributed by atoms with van der Waals surface area (Å²) in [6.07, 6.45) is 2.05. The van der Waals surface area contributed by atoms with Crippen LogP contribution in [0.15, 0.2) is 41.3 Å². The summed E-state index contributed by atoms with van der Waals surface area (Å²) in [4.78, 5) is 17.6. The van der Waals surface area contributed by atoms with Gasteiger partial charge in [-0.25, -0.2) is 8.42 Å². The third-order valence-electron chi connectivity index (χ3n) is 4.11. The summed E-state index contributed by atoms with van der Waals surface area (Å²) in [6.45, 7) is 2.18. The summed E-state index contributed by atoms with van der Waals surface area (Å²) in [5, 5.41) is 14.1. The number of hydrogen-bond acceptors (Lipinski definition) is 6. The molecule has 0 atom stereocenters. The lowest BCUT2D eigenvalue weighted by Gasteiger charge is -2.15. The molecule has 0 amide bonds. The van der Waals surface area contributed by atoms with E-state index >= 15 is 0 Å². The summed E-state index contributed by atoms with van der Waals surface area (Å²) < 4.78 is 26.3. The minimum atomic E-state index is -4.00. The molecule has 1 aliphatic rings. The lowest BCUT2D eigenvalue weighted by atomic mass is 10.2. The third-order valence-corrected chi connectivity index (χ3v) is 6.05. The van der Waals surface area contributed by atoms with E-state index in [1.54, 1.807) is 6.07 Å². The summed E-state index contributed by atoms with van der Waals surface area (Å²) in [7, 11) is -4.00. The van der Waals surface area contributed by atoms with Gasteiger partial charge in [-0.15, -0.1) is 0 Å². The number of rotatable bonds is 8. The van der Waals surface area contributed by atoms with Gasteiger partial charge in [0.1, 0.15) is 4.90 Å². The molecule has 0 aromatic heterocycles. The van der Waals surface area contributed by atoms with E-state index in [-0.39, 0.29) is 16.3 Å². The Hall–Kier alpha value is -1.76. The van der Waals surface area contributed by atoms with Crippen LogP contribution in [0.25, 0.3) is 0 Å². The number of non-ortho nitro benzene ring substituents is 1. The zero-order valence-corrected chi connectivity index (χ0v) is 17.4. The van der Waals surface area contributed by atoms with Gasteiger partial charge in [0.05, 0.1) is 17.2 Å². The van der Waals surface area contributed by atoms with Gasteiger partial charge >= 0.3 is 0 Å². The lowest BCUT2D eigenvalue weighted by molar-refractivity contribution is -0.384. The van der Waals surface area contributed by atoms with Crippen LogP contribution in [0.2, 0.25) is 0 Å². The molecule has 3 rings (SSSR count). The number of anilines is 2. The number of hydrogen-bond donors (Lipinski definition) is 2. The molecule has 0 unspecified atom stereocenters. The van der Waals surface area contributed by atoms with Gasteiger partial charge in [0.2, 0.25) is 0 Å². The second-order valence-electron chi connectivity index (χ2n) is 6.36. The second kappa shape index (κ2) is 8.09. The van der Waals surface area contributed by atoms with E-state index in [1.807, 2.05) is 19.1 Å². The van der Waals surface area contributed by atoms with Gasteiger partial charge in [0, 0.05) is 21.4 Å². The molecule has 0 aliphatic heterocycles. The molecule has 27 heavy (non-hydrogen) atoms. The first kappa shape index (κ1) is 20.0. The highest BCUT2D eigenvalue weighted by Gasteiger charge is 2.25. The molecule has 8 nitrogen and oxygen atoms in total. The number of aryl methyl sites for hydroxylation is 1. The maximum Gasteiger partial charge on any atom is 0.271 e. The third kappa shape index (κ3) is 5.15. The summed E-state index contributed by atoms with van der Waals surface area (Å²) in [5.74, 6) is 0.386. The highest BCUT2D eigenvalue weighted by Crippen LogP contribution is 2.31. The monoisotopic (exact) mass is 503 g/mol. The maximum atomic E-state index is 12.6. The molecule has 0 bridgehead atoms. The van der Waals surface area contributed by atoms with E-state index in [0.29, 0.717) is 18.2 Å². The number of sulfonamides is 1. The predicted octanol–water partition coefficient (Wildman–Crippen LogP) is 3.87. The van der Waals surface area contributed by atoms with Gasteiger partial charge in [-0.3, -0.25) is 15.0 Å². The molecule has 1 fully saturated rings. The topological polar surface area (TPSA) is 111 Å². The van der Waals surface area contributed by atoms with Crippen molar-refractivity contribution in [1.29, 1.82) is 0 Å². The van der Waals surface area contributed by atoms with Crippen molar-refractivity contribution in [2.45, 2.75) is 24.7 Å². The minimum absolute atomic E-state index is 0.107. The molecular weight excluding hydrogens is 485 g/mol. The fourth-order valence-electron chi connectivity index (χ4n) is 2.43. The molecule has 1 saturated carbocycles. The van der Waals surface area contributed by atoms with Gasteiger partial charge < -0.3 is 5.32 Å². The zero-order chi connectivity index (χ0) is 19.6. The van der Waals surface area contributed by atoms with E-state index < -0.39 is 14.9 Å². The van der Waals surface area contributed by atoms with Crippen LogP contribution in [-0.4, -0.2) is 19.9 Å². The average Bonchev–Trinajstić information content (AvgIpc) is 3.41. The first-order valence-corrected chi connectivity index (χ1v) is 10.8. The van der Waals surface area contributed by atoms with Crippen molar-refractivity contribution in [3.8, 4) is 0 Å². The van der Waals surface area contributed by atoms with E-state index in [1.165, 1.54) is 12.1 Å². The average molecular weight is 503 g/mol. The summed E-state index contributed by atoms with van der Waals surface area (Å²) in [5.41, 5.74) is 1.44. The standard InChI is InChI=1S/C17H18IN3O5S/c1-11-8-13(18)4-6-15(11)19-16-9-14(21(22)23)5-7-17(16)27(24,25)20-26-10-12-2-3-12/h4-9,12,19-20H,2-3,10H2,1H3. The molecule has 2 aromatic rings. The number of nitrogens with one attached hydrogen (secondary N) is 2. The number of benzene rings is 2. The van der Waals surface area contributed by atoms with E-state index in [2.05, 4.69) is 32.8 Å². The van der Waals surface area contributed by atoms with E-state index in [0.717, 1.165) is 28.0 Å². The van der Waals surface area contributed by atoms with Gasteiger partial charge in [-0.2, -0.15) is 0 Å².